The number of hydrogen-bond donors (Lipinski definition) is 2. The van der Waals surface area contributed by atoms with E-state index in [2.05, 4.69) is 91.3 Å². The molecular weight excluding hydrogens is 675 g/mol. The molecule has 0 amide bonds. The zero-order valence-electron chi connectivity index (χ0n) is 32.4. The Bertz CT molecular complexity index is 1110. The quantitative estimate of drug-likeness (QED) is 0.0285. The minimum Gasteiger partial charge on any atom is -0.462 e. The Labute approximate surface area is 316 Å². The first-order chi connectivity index (χ1) is 25.3. The fraction of sp³-hybridized carbons (Fsp3) is 0.628. The number of phosphoric ester groups is 1. The van der Waals surface area contributed by atoms with E-state index in [1.807, 2.05) is 12.2 Å². The van der Waals surface area contributed by atoms with Gasteiger partial charge in [0.1, 0.15) is 6.61 Å². The van der Waals surface area contributed by atoms with E-state index in [1.54, 1.807) is 0 Å². The Morgan fingerprint density at radius 3 is 1.46 bits per heavy atom. The van der Waals surface area contributed by atoms with Gasteiger partial charge in [-0.15, -0.1) is 0 Å². The molecule has 0 saturated carbocycles. The van der Waals surface area contributed by atoms with E-state index in [9.17, 15) is 14.2 Å². The summed E-state index contributed by atoms with van der Waals surface area (Å²) in [4.78, 5) is 42.7. The summed E-state index contributed by atoms with van der Waals surface area (Å²) in [5.74, 6) is -0.995. The van der Waals surface area contributed by atoms with Gasteiger partial charge in [0.2, 0.25) is 0 Å². The van der Waals surface area contributed by atoms with Crippen molar-refractivity contribution in [2.45, 2.75) is 161 Å². The summed E-state index contributed by atoms with van der Waals surface area (Å²) in [7, 11) is -4.78. The molecule has 0 rings (SSSR count). The molecule has 0 aromatic carbocycles. The summed E-state index contributed by atoms with van der Waals surface area (Å²) in [5, 5.41) is 0. The van der Waals surface area contributed by atoms with Crippen molar-refractivity contribution in [3.63, 3.8) is 0 Å². The minimum atomic E-state index is -4.78. The number of carbonyl (C=O) groups is 2. The molecule has 0 aliphatic carbocycles. The number of allylic oxidation sites excluding steroid dienone is 14. The fourth-order valence-electron chi connectivity index (χ4n) is 4.98. The van der Waals surface area contributed by atoms with E-state index >= 15 is 0 Å². The van der Waals surface area contributed by atoms with Crippen LogP contribution in [-0.4, -0.2) is 41.0 Å². The molecule has 0 saturated heterocycles. The third kappa shape index (κ3) is 40.0. The predicted octanol–water partition coefficient (Wildman–Crippen LogP) is 12.1. The highest BCUT2D eigenvalue weighted by atomic mass is 31.2. The molecule has 0 fully saturated rings. The van der Waals surface area contributed by atoms with E-state index in [0.717, 1.165) is 64.2 Å². The van der Waals surface area contributed by atoms with Gasteiger partial charge in [-0.05, 0) is 77.0 Å². The number of ether oxygens (including phenoxy) is 2. The van der Waals surface area contributed by atoms with Gasteiger partial charge in [-0.25, -0.2) is 4.57 Å². The molecule has 0 aliphatic heterocycles. The van der Waals surface area contributed by atoms with Crippen LogP contribution >= 0.6 is 7.82 Å². The predicted molar refractivity (Wildman–Crippen MR) is 216 cm³/mol. The second-order valence-electron chi connectivity index (χ2n) is 12.9. The van der Waals surface area contributed by atoms with Crippen LogP contribution in [0.5, 0.6) is 0 Å². The van der Waals surface area contributed by atoms with E-state index in [4.69, 9.17) is 19.3 Å². The number of carbonyl (C=O) groups excluding carboxylic acids is 2. The maximum atomic E-state index is 12.4. The minimum absolute atomic E-state index is 0.0817. The molecule has 0 aliphatic rings. The summed E-state index contributed by atoms with van der Waals surface area (Å²) in [6, 6.07) is 0. The molecule has 0 radical (unpaired) electrons. The summed E-state index contributed by atoms with van der Waals surface area (Å²) in [6.07, 6.45) is 50.3. The number of unbranched alkanes of at least 4 members (excludes halogenated alkanes) is 11. The van der Waals surface area contributed by atoms with Crippen molar-refractivity contribution in [3.05, 3.63) is 85.1 Å². The molecule has 0 aromatic heterocycles. The standard InChI is InChI=1S/C43H71O8P/c1-3-5-7-9-11-13-15-17-19-20-21-22-24-26-28-30-32-34-36-38-43(45)51-41(40-50-52(46,47)48)39-49-42(44)37-35-33-31-29-27-25-23-18-16-14-12-10-8-6-4-2/h5,7,11,13-14,16-17,19,21-22,26,28,32,34,41H,3-4,6,8-10,12,15,18,20,23-25,27,29-31,33,35-40H2,1-2H3,(H2,46,47,48)/b7-5+,13-11+,16-14+,19-17+,22-21+,28-26+,34-32+/t41-/m1/s1. The molecule has 0 bridgehead atoms. The maximum Gasteiger partial charge on any atom is 0.469 e. The van der Waals surface area contributed by atoms with Crippen molar-refractivity contribution < 1.29 is 37.9 Å². The monoisotopic (exact) mass is 746 g/mol. The highest BCUT2D eigenvalue weighted by Gasteiger charge is 2.22. The fourth-order valence-corrected chi connectivity index (χ4v) is 5.34. The van der Waals surface area contributed by atoms with Gasteiger partial charge in [0.15, 0.2) is 6.10 Å². The van der Waals surface area contributed by atoms with Crippen molar-refractivity contribution >= 4 is 19.8 Å². The molecule has 0 unspecified atom stereocenters. The van der Waals surface area contributed by atoms with Crippen LogP contribution in [0.4, 0.5) is 0 Å². The first kappa shape index (κ1) is 49.2. The first-order valence-electron chi connectivity index (χ1n) is 19.9. The Balaban J connectivity index is 4.11. The molecule has 8 nitrogen and oxygen atoms in total. The van der Waals surface area contributed by atoms with E-state index in [1.165, 1.54) is 51.4 Å². The maximum absolute atomic E-state index is 12.4. The molecule has 2 N–H and O–H groups in total. The van der Waals surface area contributed by atoms with E-state index < -0.39 is 32.5 Å². The lowest BCUT2D eigenvalue weighted by Crippen LogP contribution is -2.29. The lowest BCUT2D eigenvalue weighted by molar-refractivity contribution is -0.161. The van der Waals surface area contributed by atoms with Gasteiger partial charge in [-0.1, -0.05) is 150 Å². The van der Waals surface area contributed by atoms with Crippen molar-refractivity contribution in [2.75, 3.05) is 13.2 Å². The van der Waals surface area contributed by atoms with Gasteiger partial charge in [-0.3, -0.25) is 14.1 Å². The van der Waals surface area contributed by atoms with Gasteiger partial charge in [0.25, 0.3) is 0 Å². The van der Waals surface area contributed by atoms with Gasteiger partial charge in [0.05, 0.1) is 6.61 Å². The third-order valence-corrected chi connectivity index (χ3v) is 8.40. The van der Waals surface area contributed by atoms with Crippen LogP contribution in [0.25, 0.3) is 0 Å². The van der Waals surface area contributed by atoms with Crippen molar-refractivity contribution in [1.29, 1.82) is 0 Å². The number of hydrogen-bond acceptors (Lipinski definition) is 6. The molecular formula is C43H71O8P. The second-order valence-corrected chi connectivity index (χ2v) is 14.1. The third-order valence-electron chi connectivity index (χ3n) is 7.91. The Morgan fingerprint density at radius 2 is 0.962 bits per heavy atom. The highest BCUT2D eigenvalue weighted by Crippen LogP contribution is 2.35. The second kappa shape index (κ2) is 38.0. The highest BCUT2D eigenvalue weighted by molar-refractivity contribution is 7.46. The van der Waals surface area contributed by atoms with Gasteiger partial charge in [0, 0.05) is 12.8 Å². The van der Waals surface area contributed by atoms with E-state index in [-0.39, 0.29) is 19.4 Å². The van der Waals surface area contributed by atoms with Gasteiger partial charge < -0.3 is 19.3 Å². The molecule has 0 aromatic rings. The SMILES string of the molecule is CC/C=C/C/C=C/C/C=C/C/C=C/C/C=C/C/C=C/CCC(=O)O[C@H](COC(=O)CCCCCCCCC/C=C/CCCCCC)COP(=O)(O)O. The molecule has 9 heteroatoms. The summed E-state index contributed by atoms with van der Waals surface area (Å²) >= 11 is 0. The molecule has 0 heterocycles. The number of phosphoric acid groups is 1. The number of esters is 2. The molecule has 0 spiro atoms. The average Bonchev–Trinajstić information content (AvgIpc) is 3.11. The topological polar surface area (TPSA) is 119 Å². The largest absolute Gasteiger partial charge is 0.469 e. The van der Waals surface area contributed by atoms with Crippen LogP contribution in [0.3, 0.4) is 0 Å². The zero-order valence-corrected chi connectivity index (χ0v) is 33.3. The number of rotatable bonds is 35. The van der Waals surface area contributed by atoms with Crippen LogP contribution in [0.1, 0.15) is 155 Å². The van der Waals surface area contributed by atoms with Crippen LogP contribution in [-0.2, 0) is 28.2 Å². The van der Waals surface area contributed by atoms with Crippen LogP contribution in [0, 0.1) is 0 Å². The molecule has 296 valence electrons. The zero-order chi connectivity index (χ0) is 38.2. The summed E-state index contributed by atoms with van der Waals surface area (Å²) in [5.41, 5.74) is 0. The average molecular weight is 747 g/mol. The Kier molecular flexibility index (Phi) is 35.9. The van der Waals surface area contributed by atoms with Crippen LogP contribution in [0.15, 0.2) is 85.1 Å². The van der Waals surface area contributed by atoms with Crippen molar-refractivity contribution in [2.24, 2.45) is 0 Å². The Morgan fingerprint density at radius 1 is 0.519 bits per heavy atom. The van der Waals surface area contributed by atoms with Crippen molar-refractivity contribution in [3.8, 4) is 0 Å². The molecule has 1 atom stereocenters. The summed E-state index contributed by atoms with van der Waals surface area (Å²) < 4.78 is 26.3. The van der Waals surface area contributed by atoms with Gasteiger partial charge >= 0.3 is 19.8 Å². The smallest absolute Gasteiger partial charge is 0.462 e. The van der Waals surface area contributed by atoms with Gasteiger partial charge in [-0.2, -0.15) is 0 Å². The van der Waals surface area contributed by atoms with E-state index in [0.29, 0.717) is 12.8 Å². The first-order valence-corrected chi connectivity index (χ1v) is 21.4. The van der Waals surface area contributed by atoms with Crippen molar-refractivity contribution in [1.82, 2.24) is 0 Å². The Hall–Kier alpha value is -2.77. The van der Waals surface area contributed by atoms with Crippen LogP contribution in [0.2, 0.25) is 0 Å². The lowest BCUT2D eigenvalue weighted by Gasteiger charge is -2.18. The van der Waals surface area contributed by atoms with Crippen LogP contribution < -0.4 is 0 Å². The summed E-state index contributed by atoms with van der Waals surface area (Å²) in [6.45, 7) is 3.48. The molecule has 52 heavy (non-hydrogen) atoms. The normalized spacial score (nSPS) is 13.4. The lowest BCUT2D eigenvalue weighted by atomic mass is 10.1.